The fourth-order valence-electron chi connectivity index (χ4n) is 2.93. The van der Waals surface area contributed by atoms with E-state index in [0.717, 1.165) is 12.2 Å². The number of nitrogens with zero attached hydrogens (tertiary/aromatic N) is 1. The predicted molar refractivity (Wildman–Crippen MR) is 91.5 cm³/mol. The molecule has 0 heterocycles. The summed E-state index contributed by atoms with van der Waals surface area (Å²) in [6.07, 6.45) is 1.11. The van der Waals surface area contributed by atoms with E-state index in [-0.39, 0.29) is 11.5 Å². The highest BCUT2D eigenvalue weighted by atomic mass is 31.2. The van der Waals surface area contributed by atoms with Crippen LogP contribution in [0.3, 0.4) is 0 Å². The topological polar surface area (TPSA) is 151 Å². The molecular weight excluding hydrogens is 349 g/mol. The largest absolute Gasteiger partial charge is 0.511 e. The predicted octanol–water partition coefficient (Wildman–Crippen LogP) is 2.29. The van der Waals surface area contributed by atoms with Crippen molar-refractivity contribution in [2.75, 3.05) is 0 Å². The zero-order valence-electron chi connectivity index (χ0n) is 13.4. The lowest BCUT2D eigenvalue weighted by Gasteiger charge is -2.31. The number of rotatable bonds is 5. The Labute approximate surface area is 144 Å². The standard InChI is InChI=1S/C16H20NO7P/c1-2-12(9-4-3-5-10(18)6-9)16(21)15-13(17-25(22,23)24)7-11(19)8-14(15)20/h3-8,12,15-16,18-21H,2H2,1H3,(H2,22,23,24). The molecule has 0 aromatic heterocycles. The quantitative estimate of drug-likeness (QED) is 0.436. The molecule has 0 aliphatic heterocycles. The number of phenols is 1. The van der Waals surface area contributed by atoms with E-state index in [1.54, 1.807) is 19.1 Å². The van der Waals surface area contributed by atoms with Gasteiger partial charge in [0.15, 0.2) is 0 Å². The molecule has 2 rings (SSSR count). The van der Waals surface area contributed by atoms with Crippen LogP contribution in [0, 0.1) is 5.92 Å². The smallest absolute Gasteiger partial charge is 0.448 e. The molecule has 1 aliphatic carbocycles. The van der Waals surface area contributed by atoms with E-state index in [4.69, 9.17) is 9.79 Å². The van der Waals surface area contributed by atoms with Crippen LogP contribution in [0.2, 0.25) is 0 Å². The molecule has 0 bridgehead atoms. The molecule has 0 saturated heterocycles. The first-order chi connectivity index (χ1) is 11.6. The number of benzene rings is 1. The van der Waals surface area contributed by atoms with Gasteiger partial charge in [0, 0.05) is 18.1 Å². The third-order valence-electron chi connectivity index (χ3n) is 3.97. The van der Waals surface area contributed by atoms with Gasteiger partial charge in [-0.3, -0.25) is 0 Å². The summed E-state index contributed by atoms with van der Waals surface area (Å²) < 4.78 is 14.5. The first kappa shape index (κ1) is 19.2. The van der Waals surface area contributed by atoms with Gasteiger partial charge in [0.25, 0.3) is 0 Å². The van der Waals surface area contributed by atoms with Crippen molar-refractivity contribution in [3.63, 3.8) is 0 Å². The Balaban J connectivity index is 2.46. The van der Waals surface area contributed by atoms with Gasteiger partial charge in [-0.1, -0.05) is 19.1 Å². The molecule has 3 atom stereocenters. The summed E-state index contributed by atoms with van der Waals surface area (Å²) in [5, 5.41) is 40.1. The fourth-order valence-corrected chi connectivity index (χ4v) is 3.41. The summed E-state index contributed by atoms with van der Waals surface area (Å²) in [6.45, 7) is 1.79. The molecule has 0 spiro atoms. The summed E-state index contributed by atoms with van der Waals surface area (Å²) in [6, 6.07) is 6.23. The third kappa shape index (κ3) is 4.70. The van der Waals surface area contributed by atoms with Crippen molar-refractivity contribution >= 4 is 13.5 Å². The molecule has 1 aliphatic rings. The second kappa shape index (κ2) is 7.41. The Morgan fingerprint density at radius 3 is 2.44 bits per heavy atom. The first-order valence-corrected chi connectivity index (χ1v) is 9.12. The Kier molecular flexibility index (Phi) is 5.69. The third-order valence-corrected chi connectivity index (χ3v) is 4.46. The lowest BCUT2D eigenvalue weighted by molar-refractivity contribution is 0.101. The molecular formula is C16H20NO7P. The zero-order chi connectivity index (χ0) is 18.8. The van der Waals surface area contributed by atoms with E-state index in [0.29, 0.717) is 12.0 Å². The number of hydrogen-bond donors (Lipinski definition) is 6. The molecule has 0 fully saturated rings. The molecule has 136 valence electrons. The summed E-state index contributed by atoms with van der Waals surface area (Å²) >= 11 is 0. The molecule has 8 nitrogen and oxygen atoms in total. The van der Waals surface area contributed by atoms with Crippen LogP contribution in [-0.2, 0) is 4.57 Å². The van der Waals surface area contributed by atoms with Crippen LogP contribution >= 0.6 is 7.75 Å². The van der Waals surface area contributed by atoms with Gasteiger partial charge in [-0.15, -0.1) is 0 Å². The summed E-state index contributed by atoms with van der Waals surface area (Å²) in [4.78, 5) is 18.2. The highest BCUT2D eigenvalue weighted by Crippen LogP contribution is 2.41. The molecule has 1 aromatic rings. The van der Waals surface area contributed by atoms with Gasteiger partial charge in [0.05, 0.1) is 17.7 Å². The maximum Gasteiger partial charge on any atom is 0.448 e. The van der Waals surface area contributed by atoms with E-state index < -0.39 is 37.2 Å². The highest BCUT2D eigenvalue weighted by Gasteiger charge is 2.37. The van der Waals surface area contributed by atoms with E-state index in [2.05, 4.69) is 4.76 Å². The molecule has 0 radical (unpaired) electrons. The van der Waals surface area contributed by atoms with Crippen molar-refractivity contribution in [2.24, 2.45) is 10.7 Å². The monoisotopic (exact) mass is 369 g/mol. The van der Waals surface area contributed by atoms with Gasteiger partial charge in [-0.2, -0.15) is 4.76 Å². The molecule has 6 N–H and O–H groups in total. The van der Waals surface area contributed by atoms with Gasteiger partial charge < -0.3 is 30.2 Å². The van der Waals surface area contributed by atoms with Gasteiger partial charge in [0.1, 0.15) is 17.3 Å². The van der Waals surface area contributed by atoms with Crippen molar-refractivity contribution in [2.45, 2.75) is 25.4 Å². The maximum absolute atomic E-state index is 11.2. The SMILES string of the molecule is CCC(c1cccc(O)c1)C(O)C1C(O)=CC(O)=CC1=NP(=O)(O)O. The molecule has 1 aromatic carbocycles. The van der Waals surface area contributed by atoms with Crippen LogP contribution in [0.1, 0.15) is 24.8 Å². The van der Waals surface area contributed by atoms with Gasteiger partial charge in [-0.25, -0.2) is 4.57 Å². The van der Waals surface area contributed by atoms with E-state index in [1.807, 2.05) is 0 Å². The van der Waals surface area contributed by atoms with Crippen molar-refractivity contribution in [1.29, 1.82) is 0 Å². The van der Waals surface area contributed by atoms with Gasteiger partial charge in [0.2, 0.25) is 0 Å². The minimum Gasteiger partial charge on any atom is -0.511 e. The minimum atomic E-state index is -4.84. The number of hydrogen-bond acceptors (Lipinski definition) is 5. The summed E-state index contributed by atoms with van der Waals surface area (Å²) in [7, 11) is -4.84. The number of aliphatic hydroxyl groups excluding tert-OH is 3. The van der Waals surface area contributed by atoms with Crippen molar-refractivity contribution in [3.8, 4) is 5.75 Å². The van der Waals surface area contributed by atoms with Crippen molar-refractivity contribution in [1.82, 2.24) is 0 Å². The lowest BCUT2D eigenvalue weighted by atomic mass is 9.79. The second-order valence-electron chi connectivity index (χ2n) is 5.75. The number of phenolic OH excluding ortho intramolecular Hbond substituents is 1. The zero-order valence-corrected chi connectivity index (χ0v) is 14.3. The Morgan fingerprint density at radius 2 is 1.88 bits per heavy atom. The average Bonchev–Trinajstić information content (AvgIpc) is 2.45. The summed E-state index contributed by atoms with van der Waals surface area (Å²) in [5.74, 6) is -2.66. The van der Waals surface area contributed by atoms with Crippen LogP contribution in [0.15, 0.2) is 52.7 Å². The van der Waals surface area contributed by atoms with Crippen molar-refractivity contribution < 1.29 is 34.8 Å². The Morgan fingerprint density at radius 1 is 1.20 bits per heavy atom. The van der Waals surface area contributed by atoms with Crippen LogP contribution in [-0.4, -0.2) is 42.0 Å². The minimum absolute atomic E-state index is 0.00760. The molecule has 3 unspecified atom stereocenters. The number of aliphatic hydroxyl groups is 3. The fraction of sp³-hybridized carbons (Fsp3) is 0.312. The first-order valence-electron chi connectivity index (χ1n) is 7.56. The molecule has 0 amide bonds. The van der Waals surface area contributed by atoms with E-state index in [9.17, 15) is 25.0 Å². The van der Waals surface area contributed by atoms with E-state index >= 15 is 0 Å². The number of allylic oxidation sites excluding steroid dienone is 2. The van der Waals surface area contributed by atoms with Gasteiger partial charge in [-0.05, 0) is 24.1 Å². The molecule has 9 heteroatoms. The van der Waals surface area contributed by atoms with Crippen LogP contribution in [0.4, 0.5) is 0 Å². The second-order valence-corrected chi connectivity index (χ2v) is 6.98. The van der Waals surface area contributed by atoms with E-state index in [1.165, 1.54) is 12.1 Å². The highest BCUT2D eigenvalue weighted by molar-refractivity contribution is 7.50. The summed E-state index contributed by atoms with van der Waals surface area (Å²) in [5.41, 5.74) is 0.272. The molecule has 25 heavy (non-hydrogen) atoms. The average molecular weight is 369 g/mol. The Hall–Kier alpha value is -2.12. The lowest BCUT2D eigenvalue weighted by Crippen LogP contribution is -2.35. The van der Waals surface area contributed by atoms with Gasteiger partial charge >= 0.3 is 7.75 Å². The number of aromatic hydroxyl groups is 1. The van der Waals surface area contributed by atoms with Crippen LogP contribution in [0.5, 0.6) is 5.75 Å². The molecule has 0 saturated carbocycles. The van der Waals surface area contributed by atoms with Crippen LogP contribution in [0.25, 0.3) is 0 Å². The maximum atomic E-state index is 11.2. The normalized spacial score (nSPS) is 22.2. The van der Waals surface area contributed by atoms with Crippen molar-refractivity contribution in [3.05, 3.63) is 53.5 Å². The Bertz CT molecular complexity index is 780. The van der Waals surface area contributed by atoms with Crippen LogP contribution < -0.4 is 0 Å².